The molecule has 0 saturated carbocycles. The predicted molar refractivity (Wildman–Crippen MR) is 64.4 cm³/mol. The molecule has 1 saturated heterocycles. The third-order valence-electron chi connectivity index (χ3n) is 3.43. The average Bonchev–Trinajstić information content (AvgIpc) is 2.56. The molecule has 0 aliphatic carbocycles. The molecule has 1 aliphatic rings. The normalized spacial score (nSPS) is 23.9. The Hall–Kier alpha value is -1.45. The number of rotatable bonds is 6. The van der Waals surface area contributed by atoms with E-state index in [1.807, 2.05) is 0 Å². The van der Waals surface area contributed by atoms with Gasteiger partial charge in [0.1, 0.15) is 17.0 Å². The Balaban J connectivity index is 2.87. The zero-order valence-electron chi connectivity index (χ0n) is 10.5. The van der Waals surface area contributed by atoms with Crippen LogP contribution in [0.4, 0.5) is 0 Å². The van der Waals surface area contributed by atoms with Gasteiger partial charge in [-0.15, -0.1) is 6.58 Å². The van der Waals surface area contributed by atoms with Crippen molar-refractivity contribution in [2.75, 3.05) is 13.1 Å². The van der Waals surface area contributed by atoms with Crippen molar-refractivity contribution in [3.8, 4) is 0 Å². The summed E-state index contributed by atoms with van der Waals surface area (Å²) in [5.74, 6) is -0.262. The van der Waals surface area contributed by atoms with Crippen molar-refractivity contribution in [3.63, 3.8) is 0 Å². The highest BCUT2D eigenvalue weighted by Crippen LogP contribution is 2.37. The minimum atomic E-state index is -0.964. The number of carbonyl (C=O) groups is 3. The average molecular weight is 237 g/mol. The van der Waals surface area contributed by atoms with Gasteiger partial charge in [0, 0.05) is 19.5 Å². The van der Waals surface area contributed by atoms with Crippen LogP contribution in [0.2, 0.25) is 0 Å². The van der Waals surface area contributed by atoms with E-state index in [0.717, 1.165) is 0 Å². The summed E-state index contributed by atoms with van der Waals surface area (Å²) >= 11 is 0. The fourth-order valence-corrected chi connectivity index (χ4v) is 2.29. The van der Waals surface area contributed by atoms with Crippen molar-refractivity contribution in [2.45, 2.75) is 33.1 Å². The maximum atomic E-state index is 12.2. The molecular weight excluding hydrogens is 218 g/mol. The largest absolute Gasteiger partial charge is 0.338 e. The molecule has 0 spiro atoms. The molecule has 1 heterocycles. The molecule has 0 bridgehead atoms. The molecule has 1 atom stereocenters. The van der Waals surface area contributed by atoms with E-state index in [1.54, 1.807) is 11.0 Å². The maximum absolute atomic E-state index is 12.2. The van der Waals surface area contributed by atoms with Crippen LogP contribution < -0.4 is 0 Å². The van der Waals surface area contributed by atoms with Gasteiger partial charge in [0.25, 0.3) is 0 Å². The Morgan fingerprint density at radius 1 is 1.47 bits per heavy atom. The van der Waals surface area contributed by atoms with E-state index in [-0.39, 0.29) is 23.9 Å². The molecular formula is C13H19NO3. The molecule has 4 nitrogen and oxygen atoms in total. The molecule has 0 aromatic heterocycles. The number of carbonyl (C=O) groups excluding carboxylic acids is 3. The van der Waals surface area contributed by atoms with Crippen LogP contribution in [0.5, 0.6) is 0 Å². The van der Waals surface area contributed by atoms with Crippen molar-refractivity contribution < 1.29 is 14.4 Å². The van der Waals surface area contributed by atoms with Gasteiger partial charge in [-0.3, -0.25) is 9.59 Å². The number of hydrogen-bond donors (Lipinski definition) is 0. The van der Waals surface area contributed by atoms with Gasteiger partial charge in [0.2, 0.25) is 5.91 Å². The Kier molecular flexibility index (Phi) is 4.21. The Morgan fingerprint density at radius 2 is 2.12 bits per heavy atom. The topological polar surface area (TPSA) is 54.5 Å². The highest BCUT2D eigenvalue weighted by molar-refractivity contribution is 6.06. The summed E-state index contributed by atoms with van der Waals surface area (Å²) in [6.07, 6.45) is 2.79. The van der Waals surface area contributed by atoms with E-state index < -0.39 is 5.41 Å². The molecule has 1 rings (SSSR count). The van der Waals surface area contributed by atoms with Crippen LogP contribution in [-0.4, -0.2) is 35.5 Å². The van der Waals surface area contributed by atoms with Crippen molar-refractivity contribution in [3.05, 3.63) is 12.7 Å². The molecule has 1 fully saturated rings. The van der Waals surface area contributed by atoms with Crippen LogP contribution in [0.15, 0.2) is 12.7 Å². The molecule has 0 radical (unpaired) electrons. The van der Waals surface area contributed by atoms with Crippen molar-refractivity contribution in [1.82, 2.24) is 4.90 Å². The summed E-state index contributed by atoms with van der Waals surface area (Å²) in [5, 5.41) is 0. The Morgan fingerprint density at radius 3 is 2.59 bits per heavy atom. The summed E-state index contributed by atoms with van der Waals surface area (Å²) in [6, 6.07) is 0. The lowest BCUT2D eigenvalue weighted by Gasteiger charge is -2.24. The minimum Gasteiger partial charge on any atom is -0.338 e. The second-order valence-corrected chi connectivity index (χ2v) is 4.63. The number of Topliss-reactive ketones (excluding diaryl/α,β-unsaturated/α-hetero) is 2. The predicted octanol–water partition coefficient (Wildman–Crippen LogP) is 1.35. The summed E-state index contributed by atoms with van der Waals surface area (Å²) in [5.41, 5.74) is -0.964. The van der Waals surface area contributed by atoms with Gasteiger partial charge in [-0.05, 0) is 26.7 Å². The third-order valence-corrected chi connectivity index (χ3v) is 3.43. The lowest BCUT2D eigenvalue weighted by molar-refractivity contribution is -0.143. The van der Waals surface area contributed by atoms with Crippen molar-refractivity contribution in [1.29, 1.82) is 0 Å². The zero-order valence-corrected chi connectivity index (χ0v) is 10.5. The Labute approximate surface area is 102 Å². The van der Waals surface area contributed by atoms with Crippen LogP contribution in [-0.2, 0) is 14.4 Å². The maximum Gasteiger partial charge on any atom is 0.236 e. The smallest absolute Gasteiger partial charge is 0.236 e. The summed E-state index contributed by atoms with van der Waals surface area (Å²) in [6.45, 7) is 7.55. The highest BCUT2D eigenvalue weighted by Gasteiger charge is 2.49. The monoisotopic (exact) mass is 237 g/mol. The summed E-state index contributed by atoms with van der Waals surface area (Å²) < 4.78 is 0. The molecule has 17 heavy (non-hydrogen) atoms. The van der Waals surface area contributed by atoms with Gasteiger partial charge in [-0.1, -0.05) is 6.08 Å². The molecule has 94 valence electrons. The number of nitrogens with zero attached hydrogens (tertiary/aromatic N) is 1. The number of hydrogen-bond acceptors (Lipinski definition) is 3. The first-order chi connectivity index (χ1) is 7.94. The quantitative estimate of drug-likeness (QED) is 0.517. The molecule has 0 aromatic carbocycles. The first-order valence-electron chi connectivity index (χ1n) is 5.85. The van der Waals surface area contributed by atoms with Crippen LogP contribution in [0.1, 0.15) is 33.1 Å². The first kappa shape index (κ1) is 13.6. The van der Waals surface area contributed by atoms with E-state index in [4.69, 9.17) is 0 Å². The fraction of sp³-hybridized carbons (Fsp3) is 0.615. The summed E-state index contributed by atoms with van der Waals surface area (Å²) in [7, 11) is 0. The third kappa shape index (κ3) is 2.62. The van der Waals surface area contributed by atoms with E-state index in [0.29, 0.717) is 25.9 Å². The first-order valence-corrected chi connectivity index (χ1v) is 5.85. The van der Waals surface area contributed by atoms with E-state index in [9.17, 15) is 14.4 Å². The standard InChI is InChI=1S/C13H19NO3/c1-4-8-14-9-7-13(11(3)16,12(14)17)6-5-10(2)15/h4H,1,5-9H2,2-3H3. The van der Waals surface area contributed by atoms with Gasteiger partial charge in [0.05, 0.1) is 0 Å². The molecule has 1 aliphatic heterocycles. The molecule has 1 unspecified atom stereocenters. The number of ketones is 2. The molecule has 0 N–H and O–H groups in total. The van der Waals surface area contributed by atoms with Gasteiger partial charge < -0.3 is 9.69 Å². The van der Waals surface area contributed by atoms with Crippen molar-refractivity contribution >= 4 is 17.5 Å². The van der Waals surface area contributed by atoms with Gasteiger partial charge in [0.15, 0.2) is 0 Å². The van der Waals surface area contributed by atoms with Crippen LogP contribution in [0, 0.1) is 5.41 Å². The van der Waals surface area contributed by atoms with E-state index in [1.165, 1.54) is 13.8 Å². The summed E-state index contributed by atoms with van der Waals surface area (Å²) in [4.78, 5) is 36.6. The lowest BCUT2D eigenvalue weighted by atomic mass is 9.78. The van der Waals surface area contributed by atoms with E-state index >= 15 is 0 Å². The van der Waals surface area contributed by atoms with Crippen LogP contribution in [0.25, 0.3) is 0 Å². The van der Waals surface area contributed by atoms with Gasteiger partial charge >= 0.3 is 0 Å². The second-order valence-electron chi connectivity index (χ2n) is 4.63. The Bertz CT molecular complexity index is 362. The second kappa shape index (κ2) is 5.25. The van der Waals surface area contributed by atoms with Crippen LogP contribution >= 0.6 is 0 Å². The van der Waals surface area contributed by atoms with Crippen molar-refractivity contribution in [2.24, 2.45) is 5.41 Å². The SMILES string of the molecule is C=CCN1CCC(CCC(C)=O)(C(C)=O)C1=O. The zero-order chi connectivity index (χ0) is 13.1. The number of likely N-dealkylation sites (tertiary alicyclic amines) is 1. The minimum absolute atomic E-state index is 0.0144. The number of amides is 1. The van der Waals surface area contributed by atoms with Gasteiger partial charge in [-0.25, -0.2) is 0 Å². The highest BCUT2D eigenvalue weighted by atomic mass is 16.2. The van der Waals surface area contributed by atoms with Gasteiger partial charge in [-0.2, -0.15) is 0 Å². The molecule has 1 amide bonds. The fourth-order valence-electron chi connectivity index (χ4n) is 2.29. The molecule has 4 heteroatoms. The van der Waals surface area contributed by atoms with Crippen LogP contribution in [0.3, 0.4) is 0 Å². The lowest BCUT2D eigenvalue weighted by Crippen LogP contribution is -2.39. The van der Waals surface area contributed by atoms with E-state index in [2.05, 4.69) is 6.58 Å². The molecule has 0 aromatic rings.